The summed E-state index contributed by atoms with van der Waals surface area (Å²) >= 11 is 0. The van der Waals surface area contributed by atoms with Crippen molar-refractivity contribution in [1.29, 1.82) is 0 Å². The van der Waals surface area contributed by atoms with Crippen LogP contribution < -0.4 is 5.32 Å². The number of β-amino-alcohol motifs (C(OH)–C–C–N with tert-alkyl or cyclic N) is 1. The summed E-state index contributed by atoms with van der Waals surface area (Å²) in [5.74, 6) is -1.86. The number of hydrogen-bond acceptors (Lipinski definition) is 5. The van der Waals surface area contributed by atoms with Crippen LogP contribution in [0.1, 0.15) is 32.3 Å². The molecule has 1 heterocycles. The van der Waals surface area contributed by atoms with Gasteiger partial charge in [0, 0.05) is 13.0 Å². The number of carboxylic acids is 1. The van der Waals surface area contributed by atoms with Crippen molar-refractivity contribution >= 4 is 11.9 Å². The number of carbonyl (C=O) groups is 2. The first-order valence-electron chi connectivity index (χ1n) is 7.68. The van der Waals surface area contributed by atoms with Crippen molar-refractivity contribution in [3.05, 3.63) is 35.9 Å². The molecule has 0 radical (unpaired) electrons. The van der Waals surface area contributed by atoms with Crippen LogP contribution in [-0.4, -0.2) is 45.9 Å². The molecule has 0 aliphatic carbocycles. The minimum Gasteiger partial charge on any atom is -0.480 e. The Labute approximate surface area is 135 Å². The fourth-order valence-electron chi connectivity index (χ4n) is 2.59. The molecule has 23 heavy (non-hydrogen) atoms. The molecule has 1 aliphatic heterocycles. The summed E-state index contributed by atoms with van der Waals surface area (Å²) in [4.78, 5) is 23.2. The van der Waals surface area contributed by atoms with Gasteiger partial charge in [0.1, 0.15) is 11.6 Å². The van der Waals surface area contributed by atoms with Gasteiger partial charge in [-0.2, -0.15) is 0 Å². The average Bonchev–Trinajstić information content (AvgIpc) is 2.90. The Balaban J connectivity index is 1.91. The predicted molar refractivity (Wildman–Crippen MR) is 83.9 cm³/mol. The Bertz CT molecular complexity index is 572. The van der Waals surface area contributed by atoms with Crippen LogP contribution in [0, 0.1) is 0 Å². The van der Waals surface area contributed by atoms with E-state index >= 15 is 0 Å². The maximum atomic E-state index is 12.3. The molecule has 1 aliphatic rings. The third-order valence-corrected chi connectivity index (χ3v) is 4.09. The number of aliphatic hydroxyl groups is 1. The smallest absolute Gasteiger partial charge is 0.340 e. The van der Waals surface area contributed by atoms with Gasteiger partial charge >= 0.3 is 11.9 Å². The SMILES string of the molecule is CC(C)(CCc1ccccc1)OC(=O)C1(O)CNC(C(=O)O)C1. The van der Waals surface area contributed by atoms with E-state index < -0.39 is 29.2 Å². The summed E-state index contributed by atoms with van der Waals surface area (Å²) in [7, 11) is 0. The number of esters is 1. The van der Waals surface area contributed by atoms with E-state index in [0.29, 0.717) is 6.42 Å². The zero-order chi connectivity index (χ0) is 17.1. The topological polar surface area (TPSA) is 95.9 Å². The first-order valence-corrected chi connectivity index (χ1v) is 7.68. The third kappa shape index (κ3) is 4.53. The zero-order valence-corrected chi connectivity index (χ0v) is 13.4. The minimum absolute atomic E-state index is 0.114. The molecule has 3 N–H and O–H groups in total. The lowest BCUT2D eigenvalue weighted by Crippen LogP contribution is -2.46. The largest absolute Gasteiger partial charge is 0.480 e. The second-order valence-electron chi connectivity index (χ2n) is 6.64. The number of benzene rings is 1. The minimum atomic E-state index is -1.78. The number of carbonyl (C=O) groups excluding carboxylic acids is 1. The number of ether oxygens (including phenoxy) is 1. The molecule has 6 heteroatoms. The van der Waals surface area contributed by atoms with Crippen molar-refractivity contribution in [3.8, 4) is 0 Å². The molecule has 0 spiro atoms. The van der Waals surface area contributed by atoms with Gasteiger partial charge < -0.3 is 20.3 Å². The van der Waals surface area contributed by atoms with E-state index in [2.05, 4.69) is 5.32 Å². The number of nitrogens with one attached hydrogen (secondary N) is 1. The summed E-state index contributed by atoms with van der Waals surface area (Å²) in [6.07, 6.45) is 1.17. The Morgan fingerprint density at radius 2 is 2.00 bits per heavy atom. The molecular formula is C17H23NO5. The van der Waals surface area contributed by atoms with Crippen molar-refractivity contribution in [3.63, 3.8) is 0 Å². The molecule has 0 amide bonds. The van der Waals surface area contributed by atoms with Gasteiger partial charge in [-0.1, -0.05) is 30.3 Å². The fraction of sp³-hybridized carbons (Fsp3) is 0.529. The zero-order valence-electron chi connectivity index (χ0n) is 13.4. The summed E-state index contributed by atoms with van der Waals surface area (Å²) in [6.45, 7) is 3.46. The van der Waals surface area contributed by atoms with Gasteiger partial charge in [0.05, 0.1) is 0 Å². The second-order valence-corrected chi connectivity index (χ2v) is 6.64. The molecule has 126 valence electrons. The quantitative estimate of drug-likeness (QED) is 0.680. The first kappa shape index (κ1) is 17.4. The standard InChI is InChI=1S/C17H23NO5/c1-16(2,9-8-12-6-4-3-5-7-12)23-15(21)17(22)10-13(14(19)20)18-11-17/h3-7,13,18,22H,8-11H2,1-2H3,(H,19,20). The molecule has 2 unspecified atom stereocenters. The first-order chi connectivity index (χ1) is 10.7. The van der Waals surface area contributed by atoms with E-state index in [4.69, 9.17) is 9.84 Å². The van der Waals surface area contributed by atoms with E-state index in [1.54, 1.807) is 13.8 Å². The molecule has 1 aromatic rings. The summed E-state index contributed by atoms with van der Waals surface area (Å²) in [5, 5.41) is 21.9. The van der Waals surface area contributed by atoms with Crippen LogP contribution >= 0.6 is 0 Å². The van der Waals surface area contributed by atoms with E-state index in [9.17, 15) is 14.7 Å². The normalized spacial score (nSPS) is 24.4. The Hall–Kier alpha value is -1.92. The van der Waals surface area contributed by atoms with Gasteiger partial charge in [-0.25, -0.2) is 4.79 Å². The number of aliphatic carboxylic acids is 1. The molecule has 2 atom stereocenters. The number of aryl methyl sites for hydroxylation is 1. The summed E-state index contributed by atoms with van der Waals surface area (Å²) in [6, 6.07) is 8.92. The molecule has 1 saturated heterocycles. The van der Waals surface area contributed by atoms with Crippen molar-refractivity contribution in [1.82, 2.24) is 5.32 Å². The highest BCUT2D eigenvalue weighted by molar-refractivity contribution is 5.83. The van der Waals surface area contributed by atoms with E-state index in [1.807, 2.05) is 30.3 Å². The highest BCUT2D eigenvalue weighted by Gasteiger charge is 2.48. The van der Waals surface area contributed by atoms with Crippen LogP contribution in [0.2, 0.25) is 0 Å². The van der Waals surface area contributed by atoms with Gasteiger partial charge in [-0.15, -0.1) is 0 Å². The van der Waals surface area contributed by atoms with Crippen LogP contribution in [0.3, 0.4) is 0 Å². The lowest BCUT2D eigenvalue weighted by atomic mass is 9.96. The summed E-state index contributed by atoms with van der Waals surface area (Å²) in [5.41, 5.74) is -1.39. The second kappa shape index (κ2) is 6.68. The van der Waals surface area contributed by atoms with Crippen molar-refractivity contribution in [2.75, 3.05) is 6.54 Å². The number of rotatable bonds is 6. The Morgan fingerprint density at radius 1 is 1.35 bits per heavy atom. The van der Waals surface area contributed by atoms with Crippen LogP contribution in [-0.2, 0) is 20.7 Å². The van der Waals surface area contributed by atoms with E-state index in [0.717, 1.165) is 12.0 Å². The molecular weight excluding hydrogens is 298 g/mol. The van der Waals surface area contributed by atoms with Gasteiger partial charge in [0.25, 0.3) is 0 Å². The third-order valence-electron chi connectivity index (χ3n) is 4.09. The van der Waals surface area contributed by atoms with Crippen molar-refractivity contribution < 1.29 is 24.5 Å². The number of carboxylic acid groups (broad SMARTS) is 1. The maximum Gasteiger partial charge on any atom is 0.340 e. The predicted octanol–water partition coefficient (Wildman–Crippen LogP) is 1.12. The summed E-state index contributed by atoms with van der Waals surface area (Å²) < 4.78 is 5.45. The van der Waals surface area contributed by atoms with Gasteiger partial charge in [0.2, 0.25) is 0 Å². The lowest BCUT2D eigenvalue weighted by Gasteiger charge is -2.29. The van der Waals surface area contributed by atoms with Gasteiger partial charge in [-0.3, -0.25) is 4.79 Å². The number of hydrogen-bond donors (Lipinski definition) is 3. The Morgan fingerprint density at radius 3 is 2.57 bits per heavy atom. The van der Waals surface area contributed by atoms with Crippen LogP contribution in [0.15, 0.2) is 30.3 Å². The van der Waals surface area contributed by atoms with Crippen molar-refractivity contribution in [2.45, 2.75) is 50.4 Å². The molecule has 2 rings (SSSR count). The van der Waals surface area contributed by atoms with E-state index in [1.165, 1.54) is 0 Å². The highest BCUT2D eigenvalue weighted by atomic mass is 16.6. The Kier molecular flexibility index (Phi) is 5.06. The van der Waals surface area contributed by atoms with Crippen molar-refractivity contribution in [2.24, 2.45) is 0 Å². The fourth-order valence-corrected chi connectivity index (χ4v) is 2.59. The average molecular weight is 321 g/mol. The van der Waals surface area contributed by atoms with Crippen LogP contribution in [0.25, 0.3) is 0 Å². The van der Waals surface area contributed by atoms with Gasteiger partial charge in [0.15, 0.2) is 5.60 Å². The molecule has 0 aromatic heterocycles. The molecule has 1 aromatic carbocycles. The molecule has 0 saturated carbocycles. The maximum absolute atomic E-state index is 12.3. The molecule has 0 bridgehead atoms. The van der Waals surface area contributed by atoms with E-state index in [-0.39, 0.29) is 13.0 Å². The lowest BCUT2D eigenvalue weighted by molar-refractivity contribution is -0.177. The van der Waals surface area contributed by atoms with Crippen LogP contribution in [0.5, 0.6) is 0 Å². The monoisotopic (exact) mass is 321 g/mol. The van der Waals surface area contributed by atoms with Gasteiger partial charge in [-0.05, 0) is 32.3 Å². The molecule has 6 nitrogen and oxygen atoms in total. The highest BCUT2D eigenvalue weighted by Crippen LogP contribution is 2.26. The molecule has 1 fully saturated rings. The van der Waals surface area contributed by atoms with Crippen LogP contribution in [0.4, 0.5) is 0 Å².